The molecule has 0 aromatic heterocycles. The predicted molar refractivity (Wildman–Crippen MR) is 54.7 cm³/mol. The van der Waals surface area contributed by atoms with Gasteiger partial charge in [-0.25, -0.2) is 0 Å². The Kier molecular flexibility index (Phi) is 7.51. The summed E-state index contributed by atoms with van der Waals surface area (Å²) >= 11 is 0. The summed E-state index contributed by atoms with van der Waals surface area (Å²) in [5.41, 5.74) is 2.78. The summed E-state index contributed by atoms with van der Waals surface area (Å²) in [6.07, 6.45) is 6.54. The molecule has 0 rings (SSSR count). The van der Waals surface area contributed by atoms with E-state index in [4.69, 9.17) is 5.84 Å². The molecule has 12 heavy (non-hydrogen) atoms. The lowest BCUT2D eigenvalue weighted by Gasteiger charge is -2.14. The fourth-order valence-corrected chi connectivity index (χ4v) is 1.31. The van der Waals surface area contributed by atoms with Crippen LogP contribution in [0.3, 0.4) is 0 Å². The molecule has 0 aliphatic heterocycles. The van der Waals surface area contributed by atoms with E-state index in [1.165, 1.54) is 32.1 Å². The van der Waals surface area contributed by atoms with Crippen LogP contribution in [-0.2, 0) is 0 Å². The van der Waals surface area contributed by atoms with Crippen molar-refractivity contribution >= 4 is 0 Å². The molecule has 74 valence electrons. The van der Waals surface area contributed by atoms with Gasteiger partial charge in [0, 0.05) is 6.04 Å². The van der Waals surface area contributed by atoms with E-state index in [0.29, 0.717) is 6.04 Å². The van der Waals surface area contributed by atoms with Crippen molar-refractivity contribution in [2.45, 2.75) is 58.9 Å². The molecule has 0 fully saturated rings. The zero-order valence-corrected chi connectivity index (χ0v) is 8.77. The largest absolute Gasteiger partial charge is 0.271 e. The van der Waals surface area contributed by atoms with Crippen LogP contribution in [0.1, 0.15) is 52.9 Å². The van der Waals surface area contributed by atoms with Crippen LogP contribution in [0.25, 0.3) is 0 Å². The minimum atomic E-state index is 0.467. The zero-order valence-electron chi connectivity index (χ0n) is 8.77. The maximum absolute atomic E-state index is 5.31. The zero-order chi connectivity index (χ0) is 9.40. The average molecular weight is 172 g/mol. The lowest BCUT2D eigenvalue weighted by molar-refractivity contribution is 0.412. The van der Waals surface area contributed by atoms with E-state index in [0.717, 1.165) is 5.92 Å². The predicted octanol–water partition coefficient (Wildman–Crippen LogP) is 2.44. The number of nitrogens with one attached hydrogen (secondary N) is 1. The Morgan fingerprint density at radius 1 is 1.17 bits per heavy atom. The Bertz CT molecular complexity index is 93.8. The molecule has 2 nitrogen and oxygen atoms in total. The summed E-state index contributed by atoms with van der Waals surface area (Å²) in [6, 6.07) is 0.467. The van der Waals surface area contributed by atoms with E-state index < -0.39 is 0 Å². The second kappa shape index (κ2) is 7.56. The number of hydrogen-bond donors (Lipinski definition) is 2. The van der Waals surface area contributed by atoms with Crippen molar-refractivity contribution in [1.29, 1.82) is 0 Å². The quantitative estimate of drug-likeness (QED) is 0.457. The summed E-state index contributed by atoms with van der Waals surface area (Å²) in [4.78, 5) is 0. The average Bonchev–Trinajstić information content (AvgIpc) is 2.10. The lowest BCUT2D eigenvalue weighted by atomic mass is 9.97. The molecule has 0 bridgehead atoms. The Hall–Kier alpha value is -0.0800. The van der Waals surface area contributed by atoms with E-state index in [9.17, 15) is 0 Å². The van der Waals surface area contributed by atoms with Gasteiger partial charge in [-0.05, 0) is 25.7 Å². The van der Waals surface area contributed by atoms with Crippen molar-refractivity contribution in [3.05, 3.63) is 0 Å². The van der Waals surface area contributed by atoms with Gasteiger partial charge in [-0.1, -0.05) is 33.1 Å². The van der Waals surface area contributed by atoms with Crippen LogP contribution in [0, 0.1) is 5.92 Å². The normalized spacial score (nSPS) is 16.0. The van der Waals surface area contributed by atoms with Gasteiger partial charge in [-0.2, -0.15) is 0 Å². The second-order valence-corrected chi connectivity index (χ2v) is 3.89. The maximum atomic E-state index is 5.31. The van der Waals surface area contributed by atoms with Crippen LogP contribution >= 0.6 is 0 Å². The maximum Gasteiger partial charge on any atom is 0.0182 e. The Morgan fingerprint density at radius 2 is 1.83 bits per heavy atom. The molecule has 2 atom stereocenters. The van der Waals surface area contributed by atoms with E-state index in [1.54, 1.807) is 0 Å². The summed E-state index contributed by atoms with van der Waals surface area (Å²) in [7, 11) is 0. The van der Waals surface area contributed by atoms with Gasteiger partial charge in [0.1, 0.15) is 0 Å². The van der Waals surface area contributed by atoms with Crippen molar-refractivity contribution in [2.24, 2.45) is 11.8 Å². The molecule has 2 unspecified atom stereocenters. The third-order valence-electron chi connectivity index (χ3n) is 2.43. The molecular formula is C10H24N2. The van der Waals surface area contributed by atoms with Gasteiger partial charge in [0.15, 0.2) is 0 Å². The van der Waals surface area contributed by atoms with Crippen LogP contribution in [0.4, 0.5) is 0 Å². The molecule has 0 saturated heterocycles. The fraction of sp³-hybridized carbons (Fsp3) is 1.00. The third-order valence-corrected chi connectivity index (χ3v) is 2.43. The van der Waals surface area contributed by atoms with Gasteiger partial charge in [-0.15, -0.1) is 0 Å². The van der Waals surface area contributed by atoms with E-state index >= 15 is 0 Å². The molecule has 0 saturated carbocycles. The van der Waals surface area contributed by atoms with Crippen LogP contribution in [0.2, 0.25) is 0 Å². The summed E-state index contributed by atoms with van der Waals surface area (Å²) in [5, 5.41) is 0. The van der Waals surface area contributed by atoms with Crippen molar-refractivity contribution in [1.82, 2.24) is 5.43 Å². The van der Waals surface area contributed by atoms with E-state index in [1.807, 2.05) is 0 Å². The van der Waals surface area contributed by atoms with Gasteiger partial charge < -0.3 is 0 Å². The number of unbranched alkanes of at least 4 members (excludes halogenated alkanes) is 1. The first-order valence-electron chi connectivity index (χ1n) is 5.16. The molecule has 0 aromatic carbocycles. The van der Waals surface area contributed by atoms with Gasteiger partial charge in [0.25, 0.3) is 0 Å². The molecule has 2 heteroatoms. The van der Waals surface area contributed by atoms with E-state index in [2.05, 4.69) is 26.2 Å². The van der Waals surface area contributed by atoms with E-state index in [-0.39, 0.29) is 0 Å². The van der Waals surface area contributed by atoms with Gasteiger partial charge in [-0.3, -0.25) is 11.3 Å². The standard InChI is InChI=1S/C10H24N2/c1-4-5-6-9(2)7-8-10(3)12-11/h9-10,12H,4-8,11H2,1-3H3. The summed E-state index contributed by atoms with van der Waals surface area (Å²) in [6.45, 7) is 6.71. The minimum Gasteiger partial charge on any atom is -0.271 e. The number of hydrogen-bond acceptors (Lipinski definition) is 2. The van der Waals surface area contributed by atoms with Gasteiger partial charge in [0.2, 0.25) is 0 Å². The third kappa shape index (κ3) is 6.62. The highest BCUT2D eigenvalue weighted by Gasteiger charge is 2.04. The molecule has 0 aliphatic rings. The topological polar surface area (TPSA) is 38.0 Å². The van der Waals surface area contributed by atoms with Gasteiger partial charge >= 0.3 is 0 Å². The highest BCUT2D eigenvalue weighted by molar-refractivity contribution is 4.60. The molecule has 0 heterocycles. The molecule has 0 spiro atoms. The SMILES string of the molecule is CCCCC(C)CCC(C)NN. The molecule has 0 amide bonds. The van der Waals surface area contributed by atoms with Crippen LogP contribution in [0.15, 0.2) is 0 Å². The van der Waals surface area contributed by atoms with Crippen molar-refractivity contribution in [2.75, 3.05) is 0 Å². The molecule has 3 N–H and O–H groups in total. The second-order valence-electron chi connectivity index (χ2n) is 3.89. The number of rotatable bonds is 7. The smallest absolute Gasteiger partial charge is 0.0182 e. The highest BCUT2D eigenvalue weighted by atomic mass is 15.2. The lowest BCUT2D eigenvalue weighted by Crippen LogP contribution is -2.32. The highest BCUT2D eigenvalue weighted by Crippen LogP contribution is 2.14. The first-order chi connectivity index (χ1) is 5.70. The monoisotopic (exact) mass is 172 g/mol. The van der Waals surface area contributed by atoms with Crippen LogP contribution in [0.5, 0.6) is 0 Å². The summed E-state index contributed by atoms with van der Waals surface area (Å²) in [5.74, 6) is 6.17. The van der Waals surface area contributed by atoms with Crippen LogP contribution in [-0.4, -0.2) is 6.04 Å². The molecular weight excluding hydrogens is 148 g/mol. The minimum absolute atomic E-state index is 0.467. The first kappa shape index (κ1) is 11.9. The summed E-state index contributed by atoms with van der Waals surface area (Å²) < 4.78 is 0. The fourth-order valence-electron chi connectivity index (χ4n) is 1.31. The van der Waals surface area contributed by atoms with Crippen molar-refractivity contribution in [3.63, 3.8) is 0 Å². The van der Waals surface area contributed by atoms with Crippen LogP contribution < -0.4 is 11.3 Å². The van der Waals surface area contributed by atoms with Crippen molar-refractivity contribution < 1.29 is 0 Å². The Balaban J connectivity index is 3.24. The Labute approximate surface area is 76.9 Å². The van der Waals surface area contributed by atoms with Crippen molar-refractivity contribution in [3.8, 4) is 0 Å². The number of hydrazine groups is 1. The van der Waals surface area contributed by atoms with Gasteiger partial charge in [0.05, 0.1) is 0 Å². The molecule has 0 aromatic rings. The molecule has 0 radical (unpaired) electrons. The molecule has 0 aliphatic carbocycles. The number of nitrogens with two attached hydrogens (primary N) is 1. The Morgan fingerprint density at radius 3 is 2.33 bits per heavy atom. The first-order valence-corrected chi connectivity index (χ1v) is 5.16.